The number of para-hydroxylation sites is 1. The number of aromatic nitrogens is 1. The molecule has 0 radical (unpaired) electrons. The number of nitrogens with zero attached hydrogens (tertiary/aromatic N) is 2. The van der Waals surface area contributed by atoms with Gasteiger partial charge in [0.15, 0.2) is 11.6 Å². The highest BCUT2D eigenvalue weighted by Gasteiger charge is 2.25. The molecule has 0 spiro atoms. The van der Waals surface area contributed by atoms with Gasteiger partial charge < -0.3 is 14.8 Å². The van der Waals surface area contributed by atoms with E-state index in [9.17, 15) is 9.59 Å². The largest absolute Gasteiger partial charge is 0.488 e. The van der Waals surface area contributed by atoms with Crippen molar-refractivity contribution in [3.05, 3.63) is 48.2 Å². The molecule has 3 rings (SSSR count). The van der Waals surface area contributed by atoms with E-state index in [1.165, 1.54) is 12.0 Å². The summed E-state index contributed by atoms with van der Waals surface area (Å²) in [6.07, 6.45) is 1.59. The summed E-state index contributed by atoms with van der Waals surface area (Å²) in [6, 6.07) is 9.78. The van der Waals surface area contributed by atoms with Crippen molar-refractivity contribution in [1.82, 2.24) is 4.98 Å². The van der Waals surface area contributed by atoms with E-state index in [2.05, 4.69) is 10.3 Å². The smallest absolute Gasteiger partial charge is 0.339 e. The van der Waals surface area contributed by atoms with Crippen LogP contribution in [0.15, 0.2) is 42.6 Å². The number of amides is 2. The number of anilines is 2. The summed E-state index contributed by atoms with van der Waals surface area (Å²) in [5, 5.41) is 2.73. The minimum atomic E-state index is -0.513. The third-order valence-electron chi connectivity index (χ3n) is 3.40. The molecule has 0 saturated carbocycles. The zero-order chi connectivity index (χ0) is 16.2. The van der Waals surface area contributed by atoms with Crippen LogP contribution >= 0.6 is 0 Å². The maximum Gasteiger partial charge on any atom is 0.339 e. The van der Waals surface area contributed by atoms with Crippen molar-refractivity contribution >= 4 is 23.5 Å². The van der Waals surface area contributed by atoms with Gasteiger partial charge in [-0.05, 0) is 24.3 Å². The van der Waals surface area contributed by atoms with Gasteiger partial charge in [-0.15, -0.1) is 0 Å². The first-order chi connectivity index (χ1) is 11.2. The Balaban J connectivity index is 1.85. The summed E-state index contributed by atoms with van der Waals surface area (Å²) in [5.74, 6) is 0.489. The fourth-order valence-corrected chi connectivity index (χ4v) is 2.31. The highest BCUT2D eigenvalue weighted by atomic mass is 16.5. The quantitative estimate of drug-likeness (QED) is 0.860. The first-order valence-corrected chi connectivity index (χ1v) is 7.04. The van der Waals surface area contributed by atoms with Crippen LogP contribution in [0.5, 0.6) is 5.75 Å². The number of fused-ring (bicyclic) bond motifs is 1. The molecule has 2 aromatic rings. The molecule has 0 fully saturated rings. The topological polar surface area (TPSA) is 80.8 Å². The summed E-state index contributed by atoms with van der Waals surface area (Å²) >= 11 is 0. The predicted molar refractivity (Wildman–Crippen MR) is 83.9 cm³/mol. The number of ether oxygens (including phenoxy) is 2. The molecule has 23 heavy (non-hydrogen) atoms. The fourth-order valence-electron chi connectivity index (χ4n) is 2.31. The van der Waals surface area contributed by atoms with E-state index in [0.29, 0.717) is 30.4 Å². The van der Waals surface area contributed by atoms with Crippen LogP contribution in [0.3, 0.4) is 0 Å². The predicted octanol–water partition coefficient (Wildman–Crippen LogP) is 2.30. The van der Waals surface area contributed by atoms with E-state index in [1.807, 2.05) is 0 Å². The van der Waals surface area contributed by atoms with Crippen LogP contribution in [0, 0.1) is 0 Å². The number of benzene rings is 1. The van der Waals surface area contributed by atoms with Crippen molar-refractivity contribution in [2.75, 3.05) is 30.5 Å². The van der Waals surface area contributed by atoms with Gasteiger partial charge in [-0.3, -0.25) is 4.90 Å². The van der Waals surface area contributed by atoms with Crippen LogP contribution in [-0.4, -0.2) is 37.2 Å². The lowest BCUT2D eigenvalue weighted by molar-refractivity contribution is 0.0602. The summed E-state index contributed by atoms with van der Waals surface area (Å²) in [6.45, 7) is 0.751. The van der Waals surface area contributed by atoms with Gasteiger partial charge in [-0.1, -0.05) is 12.1 Å². The van der Waals surface area contributed by atoms with Crippen LogP contribution in [0.1, 0.15) is 10.4 Å². The van der Waals surface area contributed by atoms with Gasteiger partial charge in [-0.25, -0.2) is 14.6 Å². The molecule has 1 aliphatic heterocycles. The zero-order valence-corrected chi connectivity index (χ0v) is 12.5. The number of urea groups is 1. The number of rotatable bonds is 2. The highest BCUT2D eigenvalue weighted by molar-refractivity contribution is 6.06. The minimum absolute atomic E-state index is 0.290. The molecule has 1 aromatic carbocycles. The molecule has 0 saturated heterocycles. The van der Waals surface area contributed by atoms with Crippen molar-refractivity contribution in [1.29, 1.82) is 0 Å². The van der Waals surface area contributed by atoms with Crippen molar-refractivity contribution < 1.29 is 19.1 Å². The molecule has 0 atom stereocenters. The number of nitrogens with one attached hydrogen (secondary N) is 1. The standard InChI is InChI=1S/C16H15N3O4/c1-22-15(20)11-5-2-3-6-12(11)18-16(21)19-9-10-23-13-7-4-8-17-14(13)19/h2-8H,9-10H2,1H3,(H,18,21). The molecular formula is C16H15N3O4. The van der Waals surface area contributed by atoms with Crippen LogP contribution in [-0.2, 0) is 4.74 Å². The van der Waals surface area contributed by atoms with Gasteiger partial charge in [0.25, 0.3) is 0 Å². The van der Waals surface area contributed by atoms with Crippen LogP contribution in [0.4, 0.5) is 16.3 Å². The Morgan fingerprint density at radius 1 is 1.26 bits per heavy atom. The van der Waals surface area contributed by atoms with Gasteiger partial charge in [0, 0.05) is 6.20 Å². The van der Waals surface area contributed by atoms with E-state index >= 15 is 0 Å². The molecule has 7 nitrogen and oxygen atoms in total. The zero-order valence-electron chi connectivity index (χ0n) is 12.5. The molecule has 1 N–H and O–H groups in total. The highest BCUT2D eigenvalue weighted by Crippen LogP contribution is 2.29. The monoisotopic (exact) mass is 313 g/mol. The van der Waals surface area contributed by atoms with Gasteiger partial charge in [0.2, 0.25) is 0 Å². The Morgan fingerprint density at radius 3 is 2.91 bits per heavy atom. The molecule has 2 heterocycles. The fraction of sp³-hybridized carbons (Fsp3) is 0.188. The van der Waals surface area contributed by atoms with E-state index in [-0.39, 0.29) is 11.6 Å². The number of methoxy groups -OCH3 is 1. The van der Waals surface area contributed by atoms with Gasteiger partial charge in [0.1, 0.15) is 6.61 Å². The lowest BCUT2D eigenvalue weighted by Crippen LogP contribution is -2.41. The first-order valence-electron chi connectivity index (χ1n) is 7.04. The summed E-state index contributed by atoms with van der Waals surface area (Å²) in [4.78, 5) is 30.0. The Bertz CT molecular complexity index is 748. The Hall–Kier alpha value is -3.09. The second-order valence-electron chi connectivity index (χ2n) is 4.79. The molecule has 7 heteroatoms. The maximum atomic E-state index is 12.6. The normalized spacial score (nSPS) is 12.8. The van der Waals surface area contributed by atoms with Gasteiger partial charge >= 0.3 is 12.0 Å². The molecule has 1 aliphatic rings. The number of carbonyl (C=O) groups excluding carboxylic acids is 2. The van der Waals surface area contributed by atoms with E-state index in [1.54, 1.807) is 42.6 Å². The second kappa shape index (κ2) is 6.35. The van der Waals surface area contributed by atoms with Crippen molar-refractivity contribution in [3.8, 4) is 5.75 Å². The number of pyridine rings is 1. The molecule has 118 valence electrons. The molecular weight excluding hydrogens is 298 g/mol. The average molecular weight is 313 g/mol. The third-order valence-corrected chi connectivity index (χ3v) is 3.40. The Morgan fingerprint density at radius 2 is 2.09 bits per heavy atom. The molecule has 0 aliphatic carbocycles. The number of hydrogen-bond donors (Lipinski definition) is 1. The van der Waals surface area contributed by atoms with Crippen molar-refractivity contribution in [2.45, 2.75) is 0 Å². The van der Waals surface area contributed by atoms with Crippen LogP contribution < -0.4 is 15.0 Å². The SMILES string of the molecule is COC(=O)c1ccccc1NC(=O)N1CCOc2cccnc21. The lowest BCUT2D eigenvalue weighted by atomic mass is 10.2. The summed E-state index contributed by atoms with van der Waals surface area (Å²) in [5.41, 5.74) is 0.672. The summed E-state index contributed by atoms with van der Waals surface area (Å²) < 4.78 is 10.2. The van der Waals surface area contributed by atoms with Crippen molar-refractivity contribution in [2.24, 2.45) is 0 Å². The number of carbonyl (C=O) groups is 2. The van der Waals surface area contributed by atoms with Gasteiger partial charge in [0.05, 0.1) is 24.9 Å². The van der Waals surface area contributed by atoms with Crippen molar-refractivity contribution in [3.63, 3.8) is 0 Å². The minimum Gasteiger partial charge on any atom is -0.488 e. The van der Waals surface area contributed by atoms with E-state index in [4.69, 9.17) is 9.47 Å². The van der Waals surface area contributed by atoms with E-state index in [0.717, 1.165) is 0 Å². The molecule has 0 bridgehead atoms. The maximum absolute atomic E-state index is 12.6. The second-order valence-corrected chi connectivity index (χ2v) is 4.79. The lowest BCUT2D eigenvalue weighted by Gasteiger charge is -2.28. The first kappa shape index (κ1) is 14.8. The van der Waals surface area contributed by atoms with E-state index < -0.39 is 5.97 Å². The molecule has 2 amide bonds. The number of esters is 1. The van der Waals surface area contributed by atoms with Crippen LogP contribution in [0.25, 0.3) is 0 Å². The number of hydrogen-bond acceptors (Lipinski definition) is 5. The van der Waals surface area contributed by atoms with Gasteiger partial charge in [-0.2, -0.15) is 0 Å². The average Bonchev–Trinajstić information content (AvgIpc) is 2.61. The molecule has 1 aromatic heterocycles. The Kier molecular flexibility index (Phi) is 4.09. The Labute approximate surface area is 132 Å². The third kappa shape index (κ3) is 2.94. The molecule has 0 unspecified atom stereocenters. The van der Waals surface area contributed by atoms with Crippen LogP contribution in [0.2, 0.25) is 0 Å². The summed E-state index contributed by atoms with van der Waals surface area (Å²) in [7, 11) is 1.29.